The van der Waals surface area contributed by atoms with Crippen LogP contribution in [0.3, 0.4) is 0 Å². The predicted molar refractivity (Wildman–Crippen MR) is 43.5 cm³/mol. The molecular weight excluding hydrogens is 108 g/mol. The van der Waals surface area contributed by atoms with E-state index in [0.29, 0.717) is 0 Å². The Hall–Kier alpha value is -0.260. The minimum Gasteiger partial charge on any atom is -0.0828 e. The van der Waals surface area contributed by atoms with Crippen molar-refractivity contribution in [1.82, 2.24) is 0 Å². The van der Waals surface area contributed by atoms with Crippen molar-refractivity contribution in [3.8, 4) is 0 Å². The molecule has 0 nitrogen and oxygen atoms in total. The second-order valence-corrected chi connectivity index (χ2v) is 2.75. The van der Waals surface area contributed by atoms with E-state index in [1.165, 1.54) is 18.4 Å². The SMILES string of the molecule is CC/C(C)=C/C(C)CC. The lowest BCUT2D eigenvalue weighted by molar-refractivity contribution is 0.689. The van der Waals surface area contributed by atoms with E-state index in [1.54, 1.807) is 0 Å². The lowest BCUT2D eigenvalue weighted by atomic mass is 10.0. The highest BCUT2D eigenvalue weighted by atomic mass is 14.0. The van der Waals surface area contributed by atoms with Crippen LogP contribution in [0.5, 0.6) is 0 Å². The molecule has 0 saturated carbocycles. The molecule has 9 heavy (non-hydrogen) atoms. The summed E-state index contributed by atoms with van der Waals surface area (Å²) in [7, 11) is 0. The van der Waals surface area contributed by atoms with Crippen LogP contribution in [0.4, 0.5) is 0 Å². The average Bonchev–Trinajstić information content (AvgIpc) is 1.87. The first-order valence-corrected chi connectivity index (χ1v) is 3.88. The highest BCUT2D eigenvalue weighted by Crippen LogP contribution is 2.08. The molecule has 54 valence electrons. The van der Waals surface area contributed by atoms with E-state index >= 15 is 0 Å². The van der Waals surface area contributed by atoms with Gasteiger partial charge in [-0.15, -0.1) is 0 Å². The van der Waals surface area contributed by atoms with Crippen molar-refractivity contribution in [3.05, 3.63) is 11.6 Å². The fraction of sp³-hybridized carbons (Fsp3) is 0.778. The van der Waals surface area contributed by atoms with Crippen molar-refractivity contribution in [1.29, 1.82) is 0 Å². The van der Waals surface area contributed by atoms with Gasteiger partial charge in [0.25, 0.3) is 0 Å². The summed E-state index contributed by atoms with van der Waals surface area (Å²) < 4.78 is 0. The van der Waals surface area contributed by atoms with Crippen LogP contribution in [-0.2, 0) is 0 Å². The molecule has 0 aliphatic heterocycles. The molecule has 0 radical (unpaired) electrons. The third-order valence-electron chi connectivity index (χ3n) is 1.77. The summed E-state index contributed by atoms with van der Waals surface area (Å²) in [6.07, 6.45) is 4.82. The second kappa shape index (κ2) is 4.60. The van der Waals surface area contributed by atoms with Gasteiger partial charge < -0.3 is 0 Å². The summed E-state index contributed by atoms with van der Waals surface area (Å²) >= 11 is 0. The van der Waals surface area contributed by atoms with Gasteiger partial charge in [0.2, 0.25) is 0 Å². The Labute approximate surface area is 59.0 Å². The van der Waals surface area contributed by atoms with Crippen molar-refractivity contribution in [2.75, 3.05) is 0 Å². The van der Waals surface area contributed by atoms with E-state index in [-0.39, 0.29) is 0 Å². The summed E-state index contributed by atoms with van der Waals surface area (Å²) in [4.78, 5) is 0. The Morgan fingerprint density at radius 1 is 1.44 bits per heavy atom. The van der Waals surface area contributed by atoms with Crippen LogP contribution in [0.15, 0.2) is 11.6 Å². The Bertz CT molecular complexity index is 90.2. The lowest BCUT2D eigenvalue weighted by Crippen LogP contribution is -1.86. The fourth-order valence-electron chi connectivity index (χ4n) is 0.721. The van der Waals surface area contributed by atoms with E-state index in [9.17, 15) is 0 Å². The molecular formula is C9H18. The fourth-order valence-corrected chi connectivity index (χ4v) is 0.721. The molecule has 0 amide bonds. The van der Waals surface area contributed by atoms with Gasteiger partial charge in [0.05, 0.1) is 0 Å². The van der Waals surface area contributed by atoms with Crippen LogP contribution < -0.4 is 0 Å². The molecule has 0 fully saturated rings. The topological polar surface area (TPSA) is 0 Å². The van der Waals surface area contributed by atoms with Gasteiger partial charge >= 0.3 is 0 Å². The molecule has 0 aliphatic rings. The Morgan fingerprint density at radius 2 is 2.00 bits per heavy atom. The Morgan fingerprint density at radius 3 is 2.33 bits per heavy atom. The number of hydrogen-bond donors (Lipinski definition) is 0. The van der Waals surface area contributed by atoms with Gasteiger partial charge in [0.15, 0.2) is 0 Å². The number of allylic oxidation sites excluding steroid dienone is 2. The zero-order chi connectivity index (χ0) is 7.28. The van der Waals surface area contributed by atoms with Crippen molar-refractivity contribution in [2.45, 2.75) is 40.5 Å². The molecule has 0 aliphatic carbocycles. The maximum atomic E-state index is 2.36. The molecule has 0 spiro atoms. The maximum Gasteiger partial charge on any atom is -0.0262 e. The van der Waals surface area contributed by atoms with Gasteiger partial charge in [-0.3, -0.25) is 0 Å². The van der Waals surface area contributed by atoms with Crippen LogP contribution in [-0.4, -0.2) is 0 Å². The summed E-state index contributed by atoms with van der Waals surface area (Å²) in [6.45, 7) is 8.89. The predicted octanol–water partition coefficient (Wildman–Crippen LogP) is 3.39. The molecule has 0 aromatic rings. The molecule has 0 saturated heterocycles. The van der Waals surface area contributed by atoms with Crippen molar-refractivity contribution < 1.29 is 0 Å². The van der Waals surface area contributed by atoms with Gasteiger partial charge in [-0.25, -0.2) is 0 Å². The average molecular weight is 126 g/mol. The molecule has 0 heterocycles. The van der Waals surface area contributed by atoms with Crippen LogP contribution in [0.2, 0.25) is 0 Å². The van der Waals surface area contributed by atoms with E-state index in [1.807, 2.05) is 0 Å². The van der Waals surface area contributed by atoms with Crippen molar-refractivity contribution >= 4 is 0 Å². The summed E-state index contributed by atoms with van der Waals surface area (Å²) in [5.74, 6) is 0.768. The van der Waals surface area contributed by atoms with Gasteiger partial charge in [0.1, 0.15) is 0 Å². The highest BCUT2D eigenvalue weighted by molar-refractivity contribution is 4.98. The smallest absolute Gasteiger partial charge is 0.0262 e. The van der Waals surface area contributed by atoms with Crippen molar-refractivity contribution in [2.24, 2.45) is 5.92 Å². The third kappa shape index (κ3) is 4.26. The van der Waals surface area contributed by atoms with E-state index in [4.69, 9.17) is 0 Å². The van der Waals surface area contributed by atoms with Gasteiger partial charge in [-0.1, -0.05) is 38.8 Å². The molecule has 0 bridgehead atoms. The maximum absolute atomic E-state index is 2.36. The van der Waals surface area contributed by atoms with E-state index in [2.05, 4.69) is 33.8 Å². The second-order valence-electron chi connectivity index (χ2n) is 2.75. The largest absolute Gasteiger partial charge is 0.0828 e. The monoisotopic (exact) mass is 126 g/mol. The molecule has 0 aromatic carbocycles. The normalized spacial score (nSPS) is 15.8. The van der Waals surface area contributed by atoms with Crippen LogP contribution >= 0.6 is 0 Å². The highest BCUT2D eigenvalue weighted by Gasteiger charge is 1.91. The molecule has 0 heteroatoms. The Kier molecular flexibility index (Phi) is 4.47. The molecule has 0 aromatic heterocycles. The van der Waals surface area contributed by atoms with Gasteiger partial charge in [-0.2, -0.15) is 0 Å². The third-order valence-corrected chi connectivity index (χ3v) is 1.77. The van der Waals surface area contributed by atoms with Crippen molar-refractivity contribution in [3.63, 3.8) is 0 Å². The van der Waals surface area contributed by atoms with E-state index < -0.39 is 0 Å². The van der Waals surface area contributed by atoms with Crippen LogP contribution in [0.1, 0.15) is 40.5 Å². The number of rotatable bonds is 3. The standard InChI is InChI=1S/C9H18/c1-5-8(3)7-9(4)6-2/h7-8H,5-6H2,1-4H3/b9-7+. The number of hydrogen-bond acceptors (Lipinski definition) is 0. The molecule has 0 rings (SSSR count). The van der Waals surface area contributed by atoms with Crippen LogP contribution in [0, 0.1) is 5.92 Å². The van der Waals surface area contributed by atoms with Crippen LogP contribution in [0.25, 0.3) is 0 Å². The molecule has 1 unspecified atom stereocenters. The zero-order valence-corrected chi connectivity index (χ0v) is 7.07. The molecule has 0 N–H and O–H groups in total. The minimum atomic E-state index is 0.768. The quantitative estimate of drug-likeness (QED) is 0.508. The summed E-state index contributed by atoms with van der Waals surface area (Å²) in [5.41, 5.74) is 1.52. The minimum absolute atomic E-state index is 0.768. The first-order valence-electron chi connectivity index (χ1n) is 3.88. The van der Waals surface area contributed by atoms with Gasteiger partial charge in [0, 0.05) is 0 Å². The van der Waals surface area contributed by atoms with E-state index in [0.717, 1.165) is 5.92 Å². The zero-order valence-electron chi connectivity index (χ0n) is 7.07. The molecule has 1 atom stereocenters. The first kappa shape index (κ1) is 8.74. The van der Waals surface area contributed by atoms with Gasteiger partial charge in [-0.05, 0) is 19.3 Å². The lowest BCUT2D eigenvalue weighted by Gasteiger charge is -2.01. The first-order chi connectivity index (χ1) is 4.20. The summed E-state index contributed by atoms with van der Waals surface area (Å²) in [5, 5.41) is 0. The summed E-state index contributed by atoms with van der Waals surface area (Å²) in [6, 6.07) is 0. The Balaban J connectivity index is 3.64.